The van der Waals surface area contributed by atoms with Gasteiger partial charge in [0.15, 0.2) is 0 Å². The Balaban J connectivity index is 1.56. The number of rotatable bonds is 7. The second-order valence-corrected chi connectivity index (χ2v) is 8.10. The first-order chi connectivity index (χ1) is 11.6. The molecule has 2 fully saturated rings. The van der Waals surface area contributed by atoms with Crippen LogP contribution in [0.5, 0.6) is 0 Å². The van der Waals surface area contributed by atoms with Crippen LogP contribution >= 0.6 is 11.3 Å². The molecule has 2 amide bonds. The molecular formula is C17H26N4O2S. The van der Waals surface area contributed by atoms with E-state index in [-0.39, 0.29) is 24.2 Å². The molecule has 3 rings (SSSR count). The molecule has 1 aliphatic heterocycles. The molecule has 1 aliphatic carbocycles. The standard InChI is InChI=1S/C17H26N4O2S/c1-3-6-13-19-20-16(24-13)21-10-12(9-14(21)22)15(23)18-11-17(4-2)7-5-8-17/h12H,3-11H2,1-2H3,(H,18,23). The zero-order chi connectivity index (χ0) is 17.2. The average molecular weight is 350 g/mol. The highest BCUT2D eigenvalue weighted by atomic mass is 32.1. The van der Waals surface area contributed by atoms with E-state index in [0.717, 1.165) is 30.8 Å². The molecule has 2 heterocycles. The second kappa shape index (κ2) is 7.17. The summed E-state index contributed by atoms with van der Waals surface area (Å²) in [6, 6.07) is 0. The van der Waals surface area contributed by atoms with E-state index < -0.39 is 0 Å². The quantitative estimate of drug-likeness (QED) is 0.820. The van der Waals surface area contributed by atoms with Gasteiger partial charge in [-0.05, 0) is 31.1 Å². The number of aromatic nitrogens is 2. The van der Waals surface area contributed by atoms with E-state index in [0.29, 0.717) is 17.1 Å². The zero-order valence-electron chi connectivity index (χ0n) is 14.5. The number of hydrogen-bond acceptors (Lipinski definition) is 5. The summed E-state index contributed by atoms with van der Waals surface area (Å²) in [5.41, 5.74) is 0.298. The summed E-state index contributed by atoms with van der Waals surface area (Å²) < 4.78 is 0. The maximum Gasteiger partial charge on any atom is 0.229 e. The fourth-order valence-electron chi connectivity index (χ4n) is 3.49. The highest BCUT2D eigenvalue weighted by molar-refractivity contribution is 7.15. The van der Waals surface area contributed by atoms with Crippen LogP contribution in [-0.2, 0) is 16.0 Å². The third-order valence-electron chi connectivity index (χ3n) is 5.45. The summed E-state index contributed by atoms with van der Waals surface area (Å²) in [6.45, 7) is 5.44. The lowest BCUT2D eigenvalue weighted by atomic mass is 9.67. The molecule has 24 heavy (non-hydrogen) atoms. The van der Waals surface area contributed by atoms with Crippen molar-refractivity contribution in [3.63, 3.8) is 0 Å². The van der Waals surface area contributed by atoms with E-state index >= 15 is 0 Å². The monoisotopic (exact) mass is 350 g/mol. The predicted octanol–water partition coefficient (Wildman–Crippen LogP) is 2.54. The van der Waals surface area contributed by atoms with Gasteiger partial charge in [-0.3, -0.25) is 14.5 Å². The van der Waals surface area contributed by atoms with Crippen LogP contribution in [0.1, 0.15) is 57.4 Å². The zero-order valence-corrected chi connectivity index (χ0v) is 15.3. The van der Waals surface area contributed by atoms with Crippen LogP contribution in [0.4, 0.5) is 5.13 Å². The maximum absolute atomic E-state index is 12.5. The number of carbonyl (C=O) groups excluding carboxylic acids is 2. The van der Waals surface area contributed by atoms with Gasteiger partial charge >= 0.3 is 0 Å². The smallest absolute Gasteiger partial charge is 0.229 e. The minimum Gasteiger partial charge on any atom is -0.355 e. The summed E-state index contributed by atoms with van der Waals surface area (Å²) in [5.74, 6) is -0.294. The van der Waals surface area contributed by atoms with Gasteiger partial charge in [-0.25, -0.2) is 0 Å². The van der Waals surface area contributed by atoms with Crippen molar-refractivity contribution < 1.29 is 9.59 Å². The summed E-state index contributed by atoms with van der Waals surface area (Å²) in [5, 5.41) is 12.9. The van der Waals surface area contributed by atoms with Crippen molar-refractivity contribution in [3.05, 3.63) is 5.01 Å². The van der Waals surface area contributed by atoms with Crippen molar-refractivity contribution in [3.8, 4) is 0 Å². The Labute approximate surface area is 147 Å². The number of nitrogens with zero attached hydrogens (tertiary/aromatic N) is 3. The summed E-state index contributed by atoms with van der Waals surface area (Å²) in [7, 11) is 0. The Morgan fingerprint density at radius 3 is 2.79 bits per heavy atom. The van der Waals surface area contributed by atoms with E-state index in [2.05, 4.69) is 29.4 Å². The minimum atomic E-state index is -0.273. The lowest BCUT2D eigenvalue weighted by Gasteiger charge is -2.41. The average Bonchev–Trinajstić information content (AvgIpc) is 3.13. The topological polar surface area (TPSA) is 75.2 Å². The molecule has 0 aromatic carbocycles. The molecule has 1 aromatic rings. The number of hydrogen-bond donors (Lipinski definition) is 1. The van der Waals surface area contributed by atoms with Crippen molar-refractivity contribution in [2.24, 2.45) is 11.3 Å². The number of amides is 2. The van der Waals surface area contributed by atoms with Crippen LogP contribution in [0.25, 0.3) is 0 Å². The highest BCUT2D eigenvalue weighted by Crippen LogP contribution is 2.43. The molecule has 0 bridgehead atoms. The second-order valence-electron chi connectivity index (χ2n) is 7.06. The molecule has 1 N–H and O–H groups in total. The summed E-state index contributed by atoms with van der Waals surface area (Å²) in [6.07, 6.45) is 6.92. The Kier molecular flexibility index (Phi) is 5.18. The Hall–Kier alpha value is -1.50. The third-order valence-corrected chi connectivity index (χ3v) is 6.45. The largest absolute Gasteiger partial charge is 0.355 e. The number of anilines is 1. The molecule has 1 unspecified atom stereocenters. The van der Waals surface area contributed by atoms with Gasteiger partial charge in [0.25, 0.3) is 0 Å². The Morgan fingerprint density at radius 1 is 1.38 bits per heavy atom. The normalized spacial score (nSPS) is 22.5. The van der Waals surface area contributed by atoms with E-state index in [1.165, 1.54) is 30.6 Å². The van der Waals surface area contributed by atoms with Gasteiger partial charge in [-0.1, -0.05) is 31.6 Å². The van der Waals surface area contributed by atoms with Gasteiger partial charge in [0.05, 0.1) is 5.92 Å². The van der Waals surface area contributed by atoms with E-state index in [9.17, 15) is 9.59 Å². The van der Waals surface area contributed by atoms with Gasteiger partial charge < -0.3 is 5.32 Å². The van der Waals surface area contributed by atoms with Crippen LogP contribution in [0.2, 0.25) is 0 Å². The van der Waals surface area contributed by atoms with Gasteiger partial charge in [0.2, 0.25) is 16.9 Å². The lowest BCUT2D eigenvalue weighted by Crippen LogP contribution is -2.44. The van der Waals surface area contributed by atoms with Crippen LogP contribution in [-0.4, -0.2) is 35.1 Å². The van der Waals surface area contributed by atoms with Crippen LogP contribution in [0.3, 0.4) is 0 Å². The number of carbonyl (C=O) groups is 2. The summed E-state index contributed by atoms with van der Waals surface area (Å²) >= 11 is 1.46. The molecule has 1 saturated carbocycles. The van der Waals surface area contributed by atoms with Gasteiger partial charge in [-0.2, -0.15) is 0 Å². The van der Waals surface area contributed by atoms with Crippen molar-refractivity contribution in [2.75, 3.05) is 18.0 Å². The predicted molar refractivity (Wildman–Crippen MR) is 93.9 cm³/mol. The molecule has 7 heteroatoms. The molecular weight excluding hydrogens is 324 g/mol. The first-order valence-electron chi connectivity index (χ1n) is 8.97. The SMILES string of the molecule is CCCc1nnc(N2CC(C(=O)NCC3(CC)CCC3)CC2=O)s1. The van der Waals surface area contributed by atoms with Crippen LogP contribution in [0.15, 0.2) is 0 Å². The van der Waals surface area contributed by atoms with Crippen molar-refractivity contribution in [1.29, 1.82) is 0 Å². The van der Waals surface area contributed by atoms with E-state index in [1.807, 2.05) is 0 Å². The van der Waals surface area contributed by atoms with Crippen molar-refractivity contribution >= 4 is 28.3 Å². The highest BCUT2D eigenvalue weighted by Gasteiger charge is 2.39. The Morgan fingerprint density at radius 2 is 2.17 bits per heavy atom. The van der Waals surface area contributed by atoms with Gasteiger partial charge in [0, 0.05) is 25.9 Å². The number of nitrogens with one attached hydrogen (secondary N) is 1. The van der Waals surface area contributed by atoms with E-state index in [1.54, 1.807) is 4.90 Å². The minimum absolute atomic E-state index is 0.00359. The fourth-order valence-corrected chi connectivity index (χ4v) is 4.45. The molecule has 1 atom stereocenters. The third kappa shape index (κ3) is 3.45. The molecule has 6 nitrogen and oxygen atoms in total. The van der Waals surface area contributed by atoms with Gasteiger partial charge in [-0.15, -0.1) is 10.2 Å². The summed E-state index contributed by atoms with van der Waals surface area (Å²) in [4.78, 5) is 26.3. The Bertz CT molecular complexity index is 606. The molecule has 1 aromatic heterocycles. The molecule has 132 valence electrons. The van der Waals surface area contributed by atoms with Crippen LogP contribution in [0, 0.1) is 11.3 Å². The van der Waals surface area contributed by atoms with E-state index in [4.69, 9.17) is 0 Å². The maximum atomic E-state index is 12.5. The molecule has 0 radical (unpaired) electrons. The first kappa shape index (κ1) is 17.3. The first-order valence-corrected chi connectivity index (χ1v) is 9.79. The fraction of sp³-hybridized carbons (Fsp3) is 0.765. The molecule has 2 aliphatic rings. The number of aryl methyl sites for hydroxylation is 1. The molecule has 1 saturated heterocycles. The van der Waals surface area contributed by atoms with Crippen molar-refractivity contribution in [2.45, 2.75) is 58.8 Å². The van der Waals surface area contributed by atoms with Crippen molar-refractivity contribution in [1.82, 2.24) is 15.5 Å². The van der Waals surface area contributed by atoms with Gasteiger partial charge in [0.1, 0.15) is 5.01 Å². The molecule has 0 spiro atoms. The lowest BCUT2D eigenvalue weighted by molar-refractivity contribution is -0.127. The van der Waals surface area contributed by atoms with Crippen LogP contribution < -0.4 is 10.2 Å².